The molecule has 0 saturated carbocycles. The molecule has 0 N–H and O–H groups in total. The molecule has 8 heteroatoms. The third kappa shape index (κ3) is 9.45. The van der Waals surface area contributed by atoms with Gasteiger partial charge in [-0.05, 0) is 72.9 Å². The van der Waals surface area contributed by atoms with E-state index in [0.29, 0.717) is 19.8 Å². The first-order chi connectivity index (χ1) is 22.1. The Morgan fingerprint density at radius 1 is 0.778 bits per heavy atom. The van der Waals surface area contributed by atoms with E-state index in [9.17, 15) is 4.79 Å². The predicted molar refractivity (Wildman–Crippen MR) is 178 cm³/mol. The highest BCUT2D eigenvalue weighted by Crippen LogP contribution is 2.40. The van der Waals surface area contributed by atoms with Gasteiger partial charge in [0.05, 0.1) is 25.9 Å². The van der Waals surface area contributed by atoms with Crippen molar-refractivity contribution < 1.29 is 23.7 Å². The molecule has 1 unspecified atom stereocenters. The van der Waals surface area contributed by atoms with Gasteiger partial charge in [-0.2, -0.15) is 0 Å². The number of hydrogen-bond acceptors (Lipinski definition) is 8. The van der Waals surface area contributed by atoms with E-state index < -0.39 is 0 Å². The van der Waals surface area contributed by atoms with E-state index in [0.717, 1.165) is 83.2 Å². The van der Waals surface area contributed by atoms with Crippen LogP contribution in [0.3, 0.4) is 0 Å². The number of esters is 1. The molecule has 3 aromatic carbocycles. The molecule has 242 valence electrons. The van der Waals surface area contributed by atoms with Crippen LogP contribution in [0.4, 0.5) is 5.69 Å². The van der Waals surface area contributed by atoms with Crippen LogP contribution in [0.1, 0.15) is 49.4 Å². The molecule has 0 amide bonds. The van der Waals surface area contributed by atoms with Gasteiger partial charge in [-0.15, -0.1) is 0 Å². The van der Waals surface area contributed by atoms with Crippen LogP contribution in [-0.4, -0.2) is 94.6 Å². The highest BCUT2D eigenvalue weighted by Gasteiger charge is 2.29. The molecule has 0 spiro atoms. The van der Waals surface area contributed by atoms with Crippen LogP contribution in [0.15, 0.2) is 72.8 Å². The van der Waals surface area contributed by atoms with Crippen molar-refractivity contribution in [3.8, 4) is 11.5 Å². The number of fused-ring (bicyclic) bond motifs is 1. The zero-order valence-corrected chi connectivity index (χ0v) is 27.0. The lowest BCUT2D eigenvalue weighted by Crippen LogP contribution is -2.48. The Labute approximate surface area is 268 Å². The van der Waals surface area contributed by atoms with Crippen molar-refractivity contribution in [1.29, 1.82) is 0 Å². The van der Waals surface area contributed by atoms with Gasteiger partial charge < -0.3 is 23.8 Å². The van der Waals surface area contributed by atoms with Gasteiger partial charge in [0.15, 0.2) is 0 Å². The van der Waals surface area contributed by atoms with Crippen molar-refractivity contribution in [1.82, 2.24) is 9.80 Å². The van der Waals surface area contributed by atoms with E-state index in [1.165, 1.54) is 22.4 Å². The molecule has 2 heterocycles. The quantitative estimate of drug-likeness (QED) is 0.153. The number of benzene rings is 3. The third-order valence-corrected chi connectivity index (χ3v) is 8.61. The number of unbranched alkanes of at least 4 members (excludes halogenated alkanes) is 1. The van der Waals surface area contributed by atoms with Crippen LogP contribution < -0.4 is 14.4 Å². The topological polar surface area (TPSA) is 63.7 Å². The molecule has 2 aliphatic rings. The Hall–Kier alpha value is -3.59. The predicted octanol–water partition coefficient (Wildman–Crippen LogP) is 5.59. The molecule has 45 heavy (non-hydrogen) atoms. The summed E-state index contributed by atoms with van der Waals surface area (Å²) in [6.45, 7) is 13.0. The first-order valence-corrected chi connectivity index (χ1v) is 16.6. The van der Waals surface area contributed by atoms with Gasteiger partial charge in [-0.25, -0.2) is 4.79 Å². The fraction of sp³-hybridized carbons (Fsp3) is 0.486. The standard InChI is InChI=1S/C37H49N3O5/c1-3-5-25-44-34-15-16-35-31(28-34)17-18-40(32-9-7-6-8-10-32)37(35)30-11-13-33(14-12-30)45-27-24-39-21-19-38(20-22-39)23-26-42-29-36(41)43-4-2/h6-16,28,37H,3-5,17-27,29H2,1-2H3. The van der Waals surface area contributed by atoms with Crippen molar-refractivity contribution in [2.45, 2.75) is 39.2 Å². The summed E-state index contributed by atoms with van der Waals surface area (Å²) in [7, 11) is 0. The minimum atomic E-state index is -0.299. The fourth-order valence-electron chi connectivity index (χ4n) is 6.11. The molecule has 0 aromatic heterocycles. The SMILES string of the molecule is CCCCOc1ccc2c(c1)CCN(c1ccccc1)C2c1ccc(OCCN2CCN(CCOCC(=O)OCC)CC2)cc1. The molecule has 8 nitrogen and oxygen atoms in total. The van der Waals surface area contributed by atoms with Gasteiger partial charge in [-0.1, -0.05) is 49.7 Å². The average Bonchev–Trinajstić information content (AvgIpc) is 3.08. The summed E-state index contributed by atoms with van der Waals surface area (Å²) in [6, 6.07) is 26.2. The minimum absolute atomic E-state index is 0.0286. The van der Waals surface area contributed by atoms with Crippen molar-refractivity contribution in [2.75, 3.05) is 83.7 Å². The molecule has 0 bridgehead atoms. The second-order valence-corrected chi connectivity index (χ2v) is 11.7. The Morgan fingerprint density at radius 2 is 1.47 bits per heavy atom. The maximum atomic E-state index is 11.4. The summed E-state index contributed by atoms with van der Waals surface area (Å²) in [6.07, 6.45) is 3.20. The monoisotopic (exact) mass is 615 g/mol. The summed E-state index contributed by atoms with van der Waals surface area (Å²) < 4.78 is 22.6. The Balaban J connectivity index is 1.13. The van der Waals surface area contributed by atoms with E-state index in [1.807, 2.05) is 0 Å². The average molecular weight is 616 g/mol. The second-order valence-electron chi connectivity index (χ2n) is 11.7. The first-order valence-electron chi connectivity index (χ1n) is 16.6. The maximum absolute atomic E-state index is 11.4. The Bertz CT molecular complexity index is 1310. The Kier molecular flexibility index (Phi) is 12.5. The summed E-state index contributed by atoms with van der Waals surface area (Å²) >= 11 is 0. The van der Waals surface area contributed by atoms with Gasteiger partial charge in [0, 0.05) is 51.5 Å². The minimum Gasteiger partial charge on any atom is -0.494 e. The molecule has 1 atom stereocenters. The van der Waals surface area contributed by atoms with Crippen molar-refractivity contribution in [2.24, 2.45) is 0 Å². The number of anilines is 1. The summed E-state index contributed by atoms with van der Waals surface area (Å²) in [5.41, 5.74) is 5.20. The number of rotatable bonds is 16. The fourth-order valence-corrected chi connectivity index (χ4v) is 6.11. The van der Waals surface area contributed by atoms with Crippen LogP contribution in [0.5, 0.6) is 11.5 Å². The molecular weight excluding hydrogens is 566 g/mol. The highest BCUT2D eigenvalue weighted by atomic mass is 16.6. The van der Waals surface area contributed by atoms with Gasteiger partial charge in [0.25, 0.3) is 0 Å². The molecule has 0 radical (unpaired) electrons. The van der Waals surface area contributed by atoms with E-state index in [2.05, 4.69) is 94.4 Å². The molecule has 3 aromatic rings. The van der Waals surface area contributed by atoms with Crippen molar-refractivity contribution >= 4 is 11.7 Å². The zero-order valence-electron chi connectivity index (χ0n) is 27.0. The van der Waals surface area contributed by atoms with Crippen molar-refractivity contribution in [3.05, 3.63) is 89.5 Å². The number of nitrogens with zero attached hydrogens (tertiary/aromatic N) is 3. The summed E-state index contributed by atoms with van der Waals surface area (Å²) in [5, 5.41) is 0. The molecule has 1 saturated heterocycles. The van der Waals surface area contributed by atoms with Crippen LogP contribution in [0, 0.1) is 0 Å². The van der Waals surface area contributed by atoms with Gasteiger partial charge in [0.1, 0.15) is 24.7 Å². The van der Waals surface area contributed by atoms with Crippen LogP contribution >= 0.6 is 0 Å². The van der Waals surface area contributed by atoms with Crippen LogP contribution in [0.2, 0.25) is 0 Å². The van der Waals surface area contributed by atoms with Gasteiger partial charge in [0.2, 0.25) is 0 Å². The van der Waals surface area contributed by atoms with E-state index in [4.69, 9.17) is 18.9 Å². The van der Waals surface area contributed by atoms with E-state index in [-0.39, 0.29) is 18.6 Å². The summed E-state index contributed by atoms with van der Waals surface area (Å²) in [5.74, 6) is 1.57. The number of para-hydroxylation sites is 1. The lowest BCUT2D eigenvalue weighted by atomic mass is 9.87. The third-order valence-electron chi connectivity index (χ3n) is 8.61. The van der Waals surface area contributed by atoms with Crippen LogP contribution in [-0.2, 0) is 20.7 Å². The molecule has 5 rings (SSSR count). The van der Waals surface area contributed by atoms with E-state index >= 15 is 0 Å². The number of ether oxygens (including phenoxy) is 4. The number of carbonyl (C=O) groups is 1. The maximum Gasteiger partial charge on any atom is 0.332 e. The lowest BCUT2D eigenvalue weighted by molar-refractivity contribution is -0.148. The molecular formula is C37H49N3O5. The van der Waals surface area contributed by atoms with Crippen LogP contribution in [0.25, 0.3) is 0 Å². The second kappa shape index (κ2) is 17.2. The van der Waals surface area contributed by atoms with E-state index in [1.54, 1.807) is 6.92 Å². The highest BCUT2D eigenvalue weighted by molar-refractivity contribution is 5.70. The van der Waals surface area contributed by atoms with Gasteiger partial charge in [-0.3, -0.25) is 9.80 Å². The van der Waals surface area contributed by atoms with Crippen molar-refractivity contribution in [3.63, 3.8) is 0 Å². The molecule has 1 fully saturated rings. The number of hydrogen-bond donors (Lipinski definition) is 0. The van der Waals surface area contributed by atoms with Gasteiger partial charge >= 0.3 is 5.97 Å². The smallest absolute Gasteiger partial charge is 0.332 e. The number of carbonyl (C=O) groups excluding carboxylic acids is 1. The normalized spacial score (nSPS) is 17.1. The number of piperazine rings is 1. The lowest BCUT2D eigenvalue weighted by Gasteiger charge is -2.39. The Morgan fingerprint density at radius 3 is 2.18 bits per heavy atom. The molecule has 0 aliphatic carbocycles. The summed E-state index contributed by atoms with van der Waals surface area (Å²) in [4.78, 5) is 18.7. The zero-order chi connectivity index (χ0) is 31.3. The largest absolute Gasteiger partial charge is 0.494 e. The molecule has 2 aliphatic heterocycles. The first kappa shape index (κ1) is 32.8.